The minimum absolute atomic E-state index is 0.0564. The van der Waals surface area contributed by atoms with Crippen molar-refractivity contribution in [3.63, 3.8) is 0 Å². The van der Waals surface area contributed by atoms with E-state index in [4.69, 9.17) is 15.6 Å². The van der Waals surface area contributed by atoms with Gasteiger partial charge in [-0.1, -0.05) is 24.8 Å². The van der Waals surface area contributed by atoms with Crippen molar-refractivity contribution >= 4 is 24.7 Å². The van der Waals surface area contributed by atoms with Gasteiger partial charge in [-0.15, -0.1) is 0 Å². The Bertz CT molecular complexity index is 1140. The molecule has 0 saturated carbocycles. The van der Waals surface area contributed by atoms with E-state index in [0.717, 1.165) is 47.7 Å². The van der Waals surface area contributed by atoms with Crippen molar-refractivity contribution in [3.05, 3.63) is 84.2 Å². The van der Waals surface area contributed by atoms with Gasteiger partial charge >= 0.3 is 0 Å². The number of piperidine rings is 1. The first-order chi connectivity index (χ1) is 16.6. The molecule has 1 fully saturated rings. The second-order valence-electron chi connectivity index (χ2n) is 8.06. The third-order valence-electron chi connectivity index (χ3n) is 5.83. The van der Waals surface area contributed by atoms with E-state index in [-0.39, 0.29) is 11.9 Å². The molecule has 0 unspecified atom stereocenters. The highest BCUT2D eigenvalue weighted by Crippen LogP contribution is 2.28. The van der Waals surface area contributed by atoms with E-state index in [9.17, 15) is 4.79 Å². The Hall–Kier alpha value is -4.20. The van der Waals surface area contributed by atoms with Gasteiger partial charge < -0.3 is 15.4 Å². The monoisotopic (exact) mass is 456 g/mol. The van der Waals surface area contributed by atoms with Crippen molar-refractivity contribution < 1.29 is 9.53 Å². The second kappa shape index (κ2) is 10.6. The molecule has 174 valence electrons. The van der Waals surface area contributed by atoms with E-state index in [1.165, 1.54) is 12.4 Å². The Labute approximate surface area is 199 Å². The summed E-state index contributed by atoms with van der Waals surface area (Å²) in [6, 6.07) is 17.4. The van der Waals surface area contributed by atoms with Crippen LogP contribution in [0.15, 0.2) is 93.7 Å². The molecule has 34 heavy (non-hydrogen) atoms. The molecule has 1 atom stereocenters. The van der Waals surface area contributed by atoms with Crippen molar-refractivity contribution in [3.8, 4) is 11.5 Å². The standard InChI is InChI=1S/C26H28N6O2/c1-3-24(33)31-15-7-8-20(16-31)32-17-23(26(27)29-18-28-2)25(30-32)19-11-13-22(14-12-19)34-21-9-5-4-6-10-21/h3-6,9-14,18,20H,1-2,7-8,15-17,27H2/b26-23+,29-18-/t20-/m1/s1. The molecule has 2 aliphatic heterocycles. The number of carbonyl (C=O) groups is 1. The summed E-state index contributed by atoms with van der Waals surface area (Å²) in [5.74, 6) is 1.78. The van der Waals surface area contributed by atoms with Crippen molar-refractivity contribution in [1.82, 2.24) is 9.91 Å². The number of nitrogens with two attached hydrogens (primary N) is 1. The zero-order chi connectivity index (χ0) is 23.9. The average Bonchev–Trinajstić information content (AvgIpc) is 3.34. The highest BCUT2D eigenvalue weighted by atomic mass is 16.5. The fraction of sp³-hybridized carbons (Fsp3) is 0.231. The van der Waals surface area contributed by atoms with Gasteiger partial charge in [0.25, 0.3) is 0 Å². The molecular weight excluding hydrogens is 428 g/mol. The van der Waals surface area contributed by atoms with Gasteiger partial charge in [0.15, 0.2) is 0 Å². The van der Waals surface area contributed by atoms with Crippen LogP contribution in [0.1, 0.15) is 18.4 Å². The first-order valence-corrected chi connectivity index (χ1v) is 11.2. The van der Waals surface area contributed by atoms with Gasteiger partial charge in [0, 0.05) is 24.2 Å². The molecule has 1 amide bonds. The summed E-state index contributed by atoms with van der Waals surface area (Å²) in [5.41, 5.74) is 8.75. The lowest BCUT2D eigenvalue weighted by atomic mass is 10.0. The van der Waals surface area contributed by atoms with Crippen molar-refractivity contribution in [2.45, 2.75) is 18.9 Å². The molecule has 4 rings (SSSR count). The maximum Gasteiger partial charge on any atom is 0.246 e. The Balaban J connectivity index is 1.60. The molecular formula is C26H28N6O2. The average molecular weight is 457 g/mol. The first-order valence-electron chi connectivity index (χ1n) is 11.2. The van der Waals surface area contributed by atoms with Crippen LogP contribution >= 0.6 is 0 Å². The van der Waals surface area contributed by atoms with Crippen molar-refractivity contribution in [2.24, 2.45) is 20.8 Å². The molecule has 2 aromatic carbocycles. The van der Waals surface area contributed by atoms with E-state index in [0.29, 0.717) is 18.9 Å². The number of carbonyl (C=O) groups excluding carboxylic acids is 1. The van der Waals surface area contributed by atoms with Crippen molar-refractivity contribution in [2.75, 3.05) is 19.6 Å². The van der Waals surface area contributed by atoms with Gasteiger partial charge in [-0.05, 0) is 62.0 Å². The Morgan fingerprint density at radius 2 is 1.88 bits per heavy atom. The number of aliphatic imine (C=N–C) groups is 2. The minimum atomic E-state index is -0.0564. The van der Waals surface area contributed by atoms with Gasteiger partial charge in [-0.2, -0.15) is 5.10 Å². The highest BCUT2D eigenvalue weighted by molar-refractivity contribution is 6.14. The lowest BCUT2D eigenvalue weighted by Crippen LogP contribution is -2.47. The van der Waals surface area contributed by atoms with Crippen LogP contribution in [-0.4, -0.2) is 60.3 Å². The fourth-order valence-electron chi connectivity index (χ4n) is 4.12. The third-order valence-corrected chi connectivity index (χ3v) is 5.83. The minimum Gasteiger partial charge on any atom is -0.457 e. The molecule has 8 heteroatoms. The smallest absolute Gasteiger partial charge is 0.246 e. The Morgan fingerprint density at radius 1 is 1.15 bits per heavy atom. The summed E-state index contributed by atoms with van der Waals surface area (Å²) in [5, 5.41) is 6.92. The number of amides is 1. The highest BCUT2D eigenvalue weighted by Gasteiger charge is 2.32. The van der Waals surface area contributed by atoms with Crippen LogP contribution in [0.5, 0.6) is 11.5 Å². The summed E-state index contributed by atoms with van der Waals surface area (Å²) in [6.07, 6.45) is 4.53. The molecule has 8 nitrogen and oxygen atoms in total. The first kappa shape index (κ1) is 23.0. The second-order valence-corrected chi connectivity index (χ2v) is 8.06. The Morgan fingerprint density at radius 3 is 2.59 bits per heavy atom. The van der Waals surface area contributed by atoms with Gasteiger partial charge in [0.05, 0.1) is 18.3 Å². The number of hydrazone groups is 1. The largest absolute Gasteiger partial charge is 0.457 e. The maximum absolute atomic E-state index is 12.1. The molecule has 1 saturated heterocycles. The fourth-order valence-corrected chi connectivity index (χ4v) is 4.12. The van der Waals surface area contributed by atoms with Crippen LogP contribution < -0.4 is 10.5 Å². The topological polar surface area (TPSA) is 95.9 Å². The molecule has 0 aliphatic carbocycles. The van der Waals surface area contributed by atoms with Gasteiger partial charge in [0.2, 0.25) is 5.91 Å². The SMILES string of the molecule is C=CC(=O)N1CCC[C@@H](N2C/C(=C(N)\N=C/N=C)C(c3ccc(Oc4ccccc4)cc3)=N2)C1. The number of benzene rings is 2. The normalized spacial score (nSPS) is 19.6. The van der Waals surface area contributed by atoms with Crippen LogP contribution in [0, 0.1) is 0 Å². The lowest BCUT2D eigenvalue weighted by Gasteiger charge is -2.36. The van der Waals surface area contributed by atoms with E-state index < -0.39 is 0 Å². The van der Waals surface area contributed by atoms with Gasteiger partial charge in [0.1, 0.15) is 23.7 Å². The molecule has 0 bridgehead atoms. The number of hydrogen-bond acceptors (Lipinski definition) is 6. The summed E-state index contributed by atoms with van der Waals surface area (Å²) in [4.78, 5) is 21.8. The summed E-state index contributed by atoms with van der Waals surface area (Å²) in [7, 11) is 0. The van der Waals surface area contributed by atoms with Crippen molar-refractivity contribution in [1.29, 1.82) is 0 Å². The van der Waals surface area contributed by atoms with Gasteiger partial charge in [-0.25, -0.2) is 4.99 Å². The van der Waals surface area contributed by atoms with E-state index >= 15 is 0 Å². The molecule has 0 aromatic heterocycles. The van der Waals surface area contributed by atoms with Crippen LogP contribution in [0.3, 0.4) is 0 Å². The number of ether oxygens (including phenoxy) is 1. The third kappa shape index (κ3) is 5.23. The summed E-state index contributed by atoms with van der Waals surface area (Å²) >= 11 is 0. The number of likely N-dealkylation sites (tertiary alicyclic amines) is 1. The predicted octanol–water partition coefficient (Wildman–Crippen LogP) is 3.57. The number of nitrogens with zero attached hydrogens (tertiary/aromatic N) is 5. The molecule has 2 N–H and O–H groups in total. The molecule has 2 aliphatic rings. The molecule has 0 radical (unpaired) electrons. The zero-order valence-corrected chi connectivity index (χ0v) is 19.0. The lowest BCUT2D eigenvalue weighted by molar-refractivity contribution is -0.128. The number of para-hydroxylation sites is 1. The van der Waals surface area contributed by atoms with Crippen LogP contribution in [-0.2, 0) is 4.79 Å². The predicted molar refractivity (Wildman–Crippen MR) is 135 cm³/mol. The zero-order valence-electron chi connectivity index (χ0n) is 19.0. The van der Waals surface area contributed by atoms with E-state index in [2.05, 4.69) is 23.3 Å². The Kier molecular flexibility index (Phi) is 7.17. The molecule has 2 heterocycles. The number of rotatable bonds is 7. The maximum atomic E-state index is 12.1. The van der Waals surface area contributed by atoms with E-state index in [1.807, 2.05) is 64.5 Å². The summed E-state index contributed by atoms with van der Waals surface area (Å²) in [6.45, 7) is 8.86. The summed E-state index contributed by atoms with van der Waals surface area (Å²) < 4.78 is 5.91. The quantitative estimate of drug-likeness (QED) is 0.391. The van der Waals surface area contributed by atoms with E-state index in [1.54, 1.807) is 0 Å². The van der Waals surface area contributed by atoms with Crippen LogP contribution in [0.4, 0.5) is 0 Å². The molecule has 2 aromatic rings. The van der Waals surface area contributed by atoms with Crippen LogP contribution in [0.2, 0.25) is 0 Å². The van der Waals surface area contributed by atoms with Crippen LogP contribution in [0.25, 0.3) is 0 Å². The molecule has 0 spiro atoms. The van der Waals surface area contributed by atoms with Gasteiger partial charge in [-0.3, -0.25) is 14.8 Å². The number of hydrogen-bond donors (Lipinski definition) is 1.